The van der Waals surface area contributed by atoms with E-state index >= 15 is 0 Å². The second-order valence-corrected chi connectivity index (χ2v) is 7.65. The van der Waals surface area contributed by atoms with E-state index in [0.717, 1.165) is 16.5 Å². The first-order valence-electron chi connectivity index (χ1n) is 10.6. The summed E-state index contributed by atoms with van der Waals surface area (Å²) < 4.78 is 4.84. The van der Waals surface area contributed by atoms with Gasteiger partial charge in [0.25, 0.3) is 0 Å². The van der Waals surface area contributed by atoms with Crippen molar-refractivity contribution in [1.82, 2.24) is 9.97 Å². The van der Waals surface area contributed by atoms with Crippen LogP contribution in [0, 0.1) is 16.0 Å². The van der Waals surface area contributed by atoms with E-state index < -0.39 is 4.92 Å². The molecule has 0 N–H and O–H groups in total. The summed E-state index contributed by atoms with van der Waals surface area (Å²) in [5.74, 6) is 0.103. The molecule has 0 atom stereocenters. The highest BCUT2D eigenvalue weighted by Gasteiger charge is 2.34. The lowest BCUT2D eigenvalue weighted by Crippen LogP contribution is -2.37. The number of benzene rings is 2. The fraction of sp³-hybridized carbons (Fsp3) is 0.348. The third-order valence-corrected chi connectivity index (χ3v) is 5.92. The lowest BCUT2D eigenvalue weighted by atomic mass is 9.97. The van der Waals surface area contributed by atoms with Crippen molar-refractivity contribution < 1.29 is 14.5 Å². The van der Waals surface area contributed by atoms with Gasteiger partial charge in [0.05, 0.1) is 23.6 Å². The standard InChI is InChI=1S/C23H25N5O4/c1-3-27(19-10-6-8-16-7-4-5-9-18(16)19)22-20(28(30)31)21(24-15-25-22)26-13-11-17(12-14-26)23(29)32-2/h4-10,15,17H,3,11-14H2,1-2H3. The predicted octanol–water partition coefficient (Wildman–Crippen LogP) is 4.09. The number of carbonyl (C=O) groups excluding carboxylic acids is 1. The molecule has 1 aliphatic rings. The molecule has 0 aliphatic carbocycles. The molecule has 0 bridgehead atoms. The summed E-state index contributed by atoms with van der Waals surface area (Å²) in [6.07, 6.45) is 2.49. The fourth-order valence-corrected chi connectivity index (χ4v) is 4.32. The number of hydrogen-bond donors (Lipinski definition) is 0. The van der Waals surface area contributed by atoms with Crippen molar-refractivity contribution in [2.75, 3.05) is 36.5 Å². The Morgan fingerprint density at radius 1 is 1.19 bits per heavy atom. The van der Waals surface area contributed by atoms with Crippen LogP contribution < -0.4 is 9.80 Å². The topological polar surface area (TPSA) is 102 Å². The number of carbonyl (C=O) groups is 1. The van der Waals surface area contributed by atoms with E-state index in [1.807, 2.05) is 59.2 Å². The second kappa shape index (κ2) is 9.17. The smallest absolute Gasteiger partial charge is 0.353 e. The van der Waals surface area contributed by atoms with Gasteiger partial charge in [-0.05, 0) is 31.2 Å². The van der Waals surface area contributed by atoms with Crippen LogP contribution in [0.15, 0.2) is 48.8 Å². The van der Waals surface area contributed by atoms with E-state index in [2.05, 4.69) is 9.97 Å². The van der Waals surface area contributed by atoms with Gasteiger partial charge >= 0.3 is 11.7 Å². The normalized spacial score (nSPS) is 14.4. The van der Waals surface area contributed by atoms with Crippen molar-refractivity contribution in [1.29, 1.82) is 0 Å². The molecule has 4 rings (SSSR count). The minimum atomic E-state index is -0.412. The van der Waals surface area contributed by atoms with Crippen molar-refractivity contribution in [2.45, 2.75) is 19.8 Å². The van der Waals surface area contributed by atoms with E-state index in [1.54, 1.807) is 0 Å². The van der Waals surface area contributed by atoms with Crippen LogP contribution in [0.4, 0.5) is 23.0 Å². The van der Waals surface area contributed by atoms with Crippen LogP contribution in [0.1, 0.15) is 19.8 Å². The van der Waals surface area contributed by atoms with Gasteiger partial charge in [0.2, 0.25) is 11.6 Å². The number of fused-ring (bicyclic) bond motifs is 1. The Hall–Kier alpha value is -3.75. The van der Waals surface area contributed by atoms with Gasteiger partial charge in [-0.1, -0.05) is 36.4 Å². The first-order valence-corrected chi connectivity index (χ1v) is 10.6. The highest BCUT2D eigenvalue weighted by atomic mass is 16.6. The monoisotopic (exact) mass is 435 g/mol. The van der Waals surface area contributed by atoms with Gasteiger partial charge in [0.1, 0.15) is 6.33 Å². The molecule has 32 heavy (non-hydrogen) atoms. The molecule has 1 fully saturated rings. The number of esters is 1. The maximum atomic E-state index is 12.2. The molecule has 1 aromatic heterocycles. The van der Waals surface area contributed by atoms with E-state index in [4.69, 9.17) is 4.74 Å². The summed E-state index contributed by atoms with van der Waals surface area (Å²) in [4.78, 5) is 36.0. The average Bonchev–Trinajstić information content (AvgIpc) is 2.84. The number of piperidine rings is 1. The van der Waals surface area contributed by atoms with Gasteiger partial charge in [-0.15, -0.1) is 0 Å². The molecular weight excluding hydrogens is 410 g/mol. The summed E-state index contributed by atoms with van der Waals surface area (Å²) in [7, 11) is 1.38. The van der Waals surface area contributed by atoms with Crippen molar-refractivity contribution in [3.05, 3.63) is 58.9 Å². The molecule has 2 heterocycles. The van der Waals surface area contributed by atoms with E-state index in [-0.39, 0.29) is 29.2 Å². The van der Waals surface area contributed by atoms with E-state index in [1.165, 1.54) is 13.4 Å². The van der Waals surface area contributed by atoms with Crippen LogP contribution in [0.3, 0.4) is 0 Å². The fourth-order valence-electron chi connectivity index (χ4n) is 4.32. The Bertz CT molecular complexity index is 1140. The lowest BCUT2D eigenvalue weighted by Gasteiger charge is -2.32. The lowest BCUT2D eigenvalue weighted by molar-refractivity contribution is -0.383. The number of methoxy groups -OCH3 is 1. The molecule has 0 unspecified atom stereocenters. The molecule has 3 aromatic rings. The van der Waals surface area contributed by atoms with Crippen LogP contribution >= 0.6 is 0 Å². The van der Waals surface area contributed by atoms with Gasteiger partial charge < -0.3 is 14.5 Å². The zero-order chi connectivity index (χ0) is 22.7. The summed E-state index contributed by atoms with van der Waals surface area (Å²) in [6.45, 7) is 3.40. The summed E-state index contributed by atoms with van der Waals surface area (Å²) in [5, 5.41) is 14.3. The third-order valence-electron chi connectivity index (χ3n) is 5.92. The maximum Gasteiger partial charge on any atom is 0.353 e. The van der Waals surface area contributed by atoms with Crippen molar-refractivity contribution >= 4 is 39.8 Å². The Morgan fingerprint density at radius 3 is 2.59 bits per heavy atom. The first kappa shape index (κ1) is 21.5. The molecule has 166 valence electrons. The maximum absolute atomic E-state index is 12.2. The summed E-state index contributed by atoms with van der Waals surface area (Å²) in [5.41, 5.74) is 0.724. The molecular formula is C23H25N5O4. The molecule has 1 aliphatic heterocycles. The molecule has 0 spiro atoms. The Balaban J connectivity index is 1.75. The van der Waals surface area contributed by atoms with Gasteiger partial charge in [0.15, 0.2) is 0 Å². The number of hydrogen-bond acceptors (Lipinski definition) is 8. The van der Waals surface area contributed by atoms with E-state index in [0.29, 0.717) is 32.5 Å². The Kier molecular flexibility index (Phi) is 6.16. The van der Waals surface area contributed by atoms with Crippen LogP contribution in [0.5, 0.6) is 0 Å². The number of aromatic nitrogens is 2. The van der Waals surface area contributed by atoms with E-state index in [9.17, 15) is 14.9 Å². The molecule has 0 saturated carbocycles. The van der Waals surface area contributed by atoms with Gasteiger partial charge in [-0.3, -0.25) is 14.9 Å². The third kappa shape index (κ3) is 3.93. The molecule has 2 aromatic carbocycles. The molecule has 0 radical (unpaired) electrons. The van der Waals surface area contributed by atoms with Crippen LogP contribution in [-0.4, -0.2) is 47.6 Å². The van der Waals surface area contributed by atoms with Gasteiger partial charge in [-0.25, -0.2) is 9.97 Å². The van der Waals surface area contributed by atoms with Crippen LogP contribution in [0.2, 0.25) is 0 Å². The largest absolute Gasteiger partial charge is 0.469 e. The summed E-state index contributed by atoms with van der Waals surface area (Å²) in [6, 6.07) is 13.8. The molecule has 1 saturated heterocycles. The highest BCUT2D eigenvalue weighted by Crippen LogP contribution is 2.40. The van der Waals surface area contributed by atoms with Crippen LogP contribution in [0.25, 0.3) is 10.8 Å². The molecule has 0 amide bonds. The first-order chi connectivity index (χ1) is 15.5. The Morgan fingerprint density at radius 2 is 1.91 bits per heavy atom. The Labute approximate surface area is 185 Å². The van der Waals surface area contributed by atoms with Gasteiger partial charge in [-0.2, -0.15) is 0 Å². The second-order valence-electron chi connectivity index (χ2n) is 7.65. The highest BCUT2D eigenvalue weighted by molar-refractivity contribution is 5.96. The number of nitro groups is 1. The predicted molar refractivity (Wildman–Crippen MR) is 122 cm³/mol. The number of rotatable bonds is 6. The molecule has 9 nitrogen and oxygen atoms in total. The van der Waals surface area contributed by atoms with Gasteiger partial charge in [0, 0.05) is 25.0 Å². The van der Waals surface area contributed by atoms with Crippen molar-refractivity contribution in [3.63, 3.8) is 0 Å². The quantitative estimate of drug-likeness (QED) is 0.324. The minimum Gasteiger partial charge on any atom is -0.469 e. The summed E-state index contributed by atoms with van der Waals surface area (Å²) >= 11 is 0. The zero-order valence-electron chi connectivity index (χ0n) is 18.1. The zero-order valence-corrected chi connectivity index (χ0v) is 18.1. The SMILES string of the molecule is CCN(c1ncnc(N2CCC(C(=O)OC)CC2)c1[N+](=O)[O-])c1cccc2ccccc12. The average molecular weight is 435 g/mol. The minimum absolute atomic E-state index is 0.126. The number of ether oxygens (including phenoxy) is 1. The number of nitrogens with zero attached hydrogens (tertiary/aromatic N) is 5. The van der Waals surface area contributed by atoms with Crippen LogP contribution in [-0.2, 0) is 9.53 Å². The molecule has 9 heteroatoms. The number of anilines is 3. The van der Waals surface area contributed by atoms with Crippen molar-refractivity contribution in [3.8, 4) is 0 Å². The van der Waals surface area contributed by atoms with Crippen molar-refractivity contribution in [2.24, 2.45) is 5.92 Å².